The monoisotopic (exact) mass is 636 g/mol. The van der Waals surface area contributed by atoms with E-state index in [9.17, 15) is 9.59 Å². The quantitative estimate of drug-likeness (QED) is 0.231. The van der Waals surface area contributed by atoms with Crippen molar-refractivity contribution >= 4 is 57.7 Å². The highest BCUT2D eigenvalue weighted by atomic mass is 32.1. The molecule has 0 saturated heterocycles. The van der Waals surface area contributed by atoms with Crippen molar-refractivity contribution in [2.24, 2.45) is 35.5 Å². The average Bonchev–Trinajstić information content (AvgIpc) is 2.97. The van der Waals surface area contributed by atoms with Gasteiger partial charge in [-0.1, -0.05) is 115 Å². The molecule has 0 bridgehead atoms. The van der Waals surface area contributed by atoms with E-state index in [1.54, 1.807) is 0 Å². The number of esters is 2. The van der Waals surface area contributed by atoms with Gasteiger partial charge in [-0.05, 0) is 73.3 Å². The molecule has 2 aliphatic rings. The van der Waals surface area contributed by atoms with Gasteiger partial charge in [0.15, 0.2) is 9.98 Å². The van der Waals surface area contributed by atoms with Crippen LogP contribution in [-0.2, 0) is 19.1 Å². The zero-order valence-electron chi connectivity index (χ0n) is 26.9. The van der Waals surface area contributed by atoms with Gasteiger partial charge < -0.3 is 20.1 Å². The second kappa shape index (κ2) is 15.4. The largest absolute Gasteiger partial charge is 0.457 e. The summed E-state index contributed by atoms with van der Waals surface area (Å²) in [4.78, 5) is 26.4. The zero-order valence-corrected chi connectivity index (χ0v) is 28.6. The summed E-state index contributed by atoms with van der Waals surface area (Å²) in [6.07, 6.45) is 5.84. The summed E-state index contributed by atoms with van der Waals surface area (Å²) in [7, 11) is 0. The van der Waals surface area contributed by atoms with E-state index in [-0.39, 0.29) is 22.2 Å². The van der Waals surface area contributed by atoms with Gasteiger partial charge in [-0.3, -0.25) is 0 Å². The topological polar surface area (TPSA) is 76.7 Å². The van der Waals surface area contributed by atoms with E-state index in [2.05, 4.69) is 52.2 Å². The van der Waals surface area contributed by atoms with E-state index in [0.29, 0.717) is 46.9 Å². The molecule has 4 rings (SSSR count). The van der Waals surface area contributed by atoms with E-state index >= 15 is 0 Å². The van der Waals surface area contributed by atoms with Gasteiger partial charge in [-0.15, -0.1) is 0 Å². The highest BCUT2D eigenvalue weighted by molar-refractivity contribution is 7.82. The summed E-state index contributed by atoms with van der Waals surface area (Å²) < 4.78 is 12.0. The summed E-state index contributed by atoms with van der Waals surface area (Å²) in [5, 5.41) is 6.27. The highest BCUT2D eigenvalue weighted by Crippen LogP contribution is 2.38. The Hall–Kier alpha value is -2.84. The molecule has 0 heterocycles. The van der Waals surface area contributed by atoms with Crippen molar-refractivity contribution in [3.63, 3.8) is 0 Å². The molecule has 44 heavy (non-hydrogen) atoms. The number of thiocarbonyl (C=S) groups is 2. The van der Waals surface area contributed by atoms with Crippen molar-refractivity contribution in [3.05, 3.63) is 48.5 Å². The van der Waals surface area contributed by atoms with E-state index < -0.39 is 11.9 Å². The van der Waals surface area contributed by atoms with Gasteiger partial charge in [0.25, 0.3) is 0 Å². The Labute approximate surface area is 274 Å². The molecule has 2 fully saturated rings. The maximum atomic E-state index is 13.2. The number of rotatable bonds is 7. The fraction of sp³-hybridized carbons (Fsp3) is 0.556. The van der Waals surface area contributed by atoms with Crippen molar-refractivity contribution in [1.82, 2.24) is 0 Å². The number of benzene rings is 2. The molecule has 0 amide bonds. The fourth-order valence-electron chi connectivity index (χ4n) is 6.88. The Morgan fingerprint density at radius 3 is 1.39 bits per heavy atom. The van der Waals surface area contributed by atoms with Crippen molar-refractivity contribution in [2.45, 2.75) is 92.3 Å². The minimum absolute atomic E-state index is 0.0177. The number of hydrogen-bond acceptors (Lipinski definition) is 6. The van der Waals surface area contributed by atoms with Crippen LogP contribution in [0.4, 0.5) is 11.4 Å². The summed E-state index contributed by atoms with van der Waals surface area (Å²) in [6, 6.07) is 15.2. The molecule has 2 N–H and O–H groups in total. The van der Waals surface area contributed by atoms with E-state index in [1.807, 2.05) is 48.5 Å². The summed E-state index contributed by atoms with van der Waals surface area (Å²) in [5.74, 6) is 1.53. The predicted octanol–water partition coefficient (Wildman–Crippen LogP) is 8.84. The van der Waals surface area contributed by atoms with Crippen molar-refractivity contribution in [3.8, 4) is 11.1 Å². The van der Waals surface area contributed by atoms with Crippen LogP contribution in [0.2, 0.25) is 0 Å². The molecule has 6 nitrogen and oxygen atoms in total. The molecular formula is C36H48N2O4S2. The average molecular weight is 637 g/mol. The molecule has 8 heteroatoms. The molecule has 2 aromatic carbocycles. The first kappa shape index (κ1) is 34.0. The summed E-state index contributed by atoms with van der Waals surface area (Å²) in [5.41, 5.74) is 2.92. The molecule has 6 atom stereocenters. The van der Waals surface area contributed by atoms with Crippen LogP contribution in [-0.4, -0.2) is 34.1 Å². The van der Waals surface area contributed by atoms with Gasteiger partial charge in [0.05, 0.1) is 0 Å². The Morgan fingerprint density at radius 1 is 0.659 bits per heavy atom. The first-order valence-corrected chi connectivity index (χ1v) is 17.0. The van der Waals surface area contributed by atoms with Crippen LogP contribution in [0.3, 0.4) is 0 Å². The number of nitrogens with one attached hydrogen (secondary N) is 2. The number of ether oxygens (including phenoxy) is 2. The van der Waals surface area contributed by atoms with Gasteiger partial charge in [-0.2, -0.15) is 0 Å². The Bertz CT molecular complexity index is 1240. The van der Waals surface area contributed by atoms with Gasteiger partial charge in [0.1, 0.15) is 12.2 Å². The SMILES string of the molecule is CC(C)[C@@H]1CC[C@@H](C)C[C@H]1OC(=O)C(=S)Nc1ccccc1-c1ccccc1NC(=S)C(=O)O[C@@H]1C[C@H](C)CC[C@H]1C(C)C. The van der Waals surface area contributed by atoms with E-state index in [1.165, 1.54) is 0 Å². The minimum Gasteiger partial charge on any atom is -0.457 e. The van der Waals surface area contributed by atoms with E-state index in [0.717, 1.165) is 49.7 Å². The van der Waals surface area contributed by atoms with Gasteiger partial charge in [0, 0.05) is 22.5 Å². The van der Waals surface area contributed by atoms with Crippen molar-refractivity contribution < 1.29 is 19.1 Å². The van der Waals surface area contributed by atoms with Crippen LogP contribution in [0.1, 0.15) is 80.1 Å². The number of carbonyl (C=O) groups excluding carboxylic acids is 2. The number of anilines is 2. The third-order valence-corrected chi connectivity index (χ3v) is 9.99. The maximum Gasteiger partial charge on any atom is 0.366 e. The molecule has 0 aromatic heterocycles. The Kier molecular flexibility index (Phi) is 11.9. The molecule has 0 aliphatic heterocycles. The smallest absolute Gasteiger partial charge is 0.366 e. The second-order valence-electron chi connectivity index (χ2n) is 13.5. The lowest BCUT2D eigenvalue weighted by molar-refractivity contribution is -0.148. The fourth-order valence-corrected chi connectivity index (χ4v) is 7.20. The van der Waals surface area contributed by atoms with Crippen LogP contribution in [0.5, 0.6) is 0 Å². The second-order valence-corrected chi connectivity index (χ2v) is 14.4. The molecule has 0 unspecified atom stereocenters. The normalized spacial score (nSPS) is 25.3. The number of hydrogen-bond donors (Lipinski definition) is 2. The lowest BCUT2D eigenvalue weighted by Gasteiger charge is -2.36. The minimum atomic E-state index is -0.508. The van der Waals surface area contributed by atoms with Crippen LogP contribution in [0, 0.1) is 35.5 Å². The number of carbonyl (C=O) groups is 2. The van der Waals surface area contributed by atoms with Crippen molar-refractivity contribution in [2.75, 3.05) is 10.6 Å². The molecule has 2 aliphatic carbocycles. The third kappa shape index (κ3) is 8.66. The zero-order chi connectivity index (χ0) is 32.0. The van der Waals surface area contributed by atoms with Gasteiger partial charge in [-0.25, -0.2) is 9.59 Å². The summed E-state index contributed by atoms with van der Waals surface area (Å²) in [6.45, 7) is 13.2. The number of para-hydroxylation sites is 2. The third-order valence-electron chi connectivity index (χ3n) is 9.45. The van der Waals surface area contributed by atoms with Crippen LogP contribution in [0.15, 0.2) is 48.5 Å². The molecule has 2 saturated carbocycles. The lowest BCUT2D eigenvalue weighted by Crippen LogP contribution is -2.38. The predicted molar refractivity (Wildman–Crippen MR) is 187 cm³/mol. The standard InChI is InChI=1S/C36H48N2O4S2/c1-21(2)25-17-15-23(5)19-31(25)41-35(39)33(43)37-29-13-9-7-11-27(29)28-12-8-10-14-30(28)38-34(44)36(40)42-32-20-24(6)16-18-26(32)22(3)4/h7-14,21-26,31-32H,15-20H2,1-6H3,(H,37,43)(H,38,44)/t23-,24-,25+,26+,31-,32-/m1/s1. The van der Waals surface area contributed by atoms with Crippen LogP contribution in [0.25, 0.3) is 11.1 Å². The van der Waals surface area contributed by atoms with E-state index in [4.69, 9.17) is 33.9 Å². The molecular weight excluding hydrogens is 589 g/mol. The first-order valence-electron chi connectivity index (χ1n) is 16.2. The first-order chi connectivity index (χ1) is 20.9. The molecule has 0 spiro atoms. The summed E-state index contributed by atoms with van der Waals surface area (Å²) >= 11 is 11.1. The molecule has 2 aromatic rings. The van der Waals surface area contributed by atoms with Gasteiger partial charge in [0.2, 0.25) is 0 Å². The van der Waals surface area contributed by atoms with Crippen LogP contribution < -0.4 is 10.6 Å². The Balaban J connectivity index is 1.47. The van der Waals surface area contributed by atoms with Crippen LogP contribution >= 0.6 is 24.4 Å². The highest BCUT2D eigenvalue weighted by Gasteiger charge is 2.35. The van der Waals surface area contributed by atoms with Crippen molar-refractivity contribution in [1.29, 1.82) is 0 Å². The lowest BCUT2D eigenvalue weighted by atomic mass is 9.75. The maximum absolute atomic E-state index is 13.2. The Morgan fingerprint density at radius 2 is 1.02 bits per heavy atom. The molecule has 0 radical (unpaired) electrons. The van der Waals surface area contributed by atoms with Gasteiger partial charge >= 0.3 is 11.9 Å². The molecule has 238 valence electrons.